The second-order valence-electron chi connectivity index (χ2n) is 4.88. The molecule has 0 atom stereocenters. The van der Waals surface area contributed by atoms with Gasteiger partial charge in [-0.05, 0) is 37.1 Å². The van der Waals surface area contributed by atoms with Crippen LogP contribution in [0.3, 0.4) is 0 Å². The van der Waals surface area contributed by atoms with Gasteiger partial charge in [-0.25, -0.2) is 9.97 Å². The number of nitriles is 1. The Kier molecular flexibility index (Phi) is 3.54. The van der Waals surface area contributed by atoms with Crippen LogP contribution < -0.4 is 5.32 Å². The van der Waals surface area contributed by atoms with Gasteiger partial charge in [-0.2, -0.15) is 5.26 Å². The average Bonchev–Trinajstić information content (AvgIpc) is 2.97. The monoisotopic (exact) mass is 291 g/mol. The third kappa shape index (κ3) is 2.79. The van der Waals surface area contributed by atoms with E-state index in [4.69, 9.17) is 9.68 Å². The molecule has 0 fully saturated rings. The molecule has 3 rings (SSSR count). The van der Waals surface area contributed by atoms with Crippen LogP contribution in [0.25, 0.3) is 11.5 Å². The molecule has 0 aliphatic heterocycles. The van der Waals surface area contributed by atoms with Crippen molar-refractivity contribution in [1.82, 2.24) is 15.0 Å². The Morgan fingerprint density at radius 1 is 1.09 bits per heavy atom. The Bertz CT molecular complexity index is 846. The minimum absolute atomic E-state index is 0.350. The van der Waals surface area contributed by atoms with Crippen LogP contribution in [0, 0.1) is 25.2 Å². The minimum atomic E-state index is 0.350. The molecule has 0 radical (unpaired) electrons. The fourth-order valence-electron chi connectivity index (χ4n) is 1.95. The lowest BCUT2D eigenvalue weighted by Gasteiger charge is -2.03. The van der Waals surface area contributed by atoms with Crippen molar-refractivity contribution < 1.29 is 4.42 Å². The molecule has 6 heteroatoms. The molecule has 6 nitrogen and oxygen atoms in total. The molecule has 22 heavy (non-hydrogen) atoms. The van der Waals surface area contributed by atoms with Gasteiger partial charge < -0.3 is 9.73 Å². The molecule has 108 valence electrons. The van der Waals surface area contributed by atoms with Crippen LogP contribution in [0.4, 0.5) is 11.7 Å². The van der Waals surface area contributed by atoms with Gasteiger partial charge in [-0.1, -0.05) is 6.07 Å². The number of anilines is 2. The highest BCUT2D eigenvalue weighted by Gasteiger charge is 2.08. The highest BCUT2D eigenvalue weighted by atomic mass is 16.4. The van der Waals surface area contributed by atoms with E-state index in [2.05, 4.69) is 20.3 Å². The summed E-state index contributed by atoms with van der Waals surface area (Å²) in [6.07, 6.45) is 4.96. The van der Waals surface area contributed by atoms with Crippen LogP contribution in [0.5, 0.6) is 0 Å². The first-order valence-electron chi connectivity index (χ1n) is 6.68. The predicted octanol–water partition coefficient (Wildman–Crippen LogP) is 3.36. The molecular weight excluding hydrogens is 278 g/mol. The van der Waals surface area contributed by atoms with Crippen molar-refractivity contribution in [3.8, 4) is 17.5 Å². The molecule has 0 saturated heterocycles. The lowest BCUT2D eigenvalue weighted by Crippen LogP contribution is -1.94. The van der Waals surface area contributed by atoms with Gasteiger partial charge in [-0.3, -0.25) is 4.98 Å². The van der Waals surface area contributed by atoms with Crippen LogP contribution >= 0.6 is 0 Å². The van der Waals surface area contributed by atoms with Gasteiger partial charge in [0.2, 0.25) is 0 Å². The molecule has 0 saturated carbocycles. The van der Waals surface area contributed by atoms with E-state index in [1.807, 2.05) is 38.1 Å². The molecule has 0 unspecified atom stereocenters. The Morgan fingerprint density at radius 2 is 1.95 bits per heavy atom. The summed E-state index contributed by atoms with van der Waals surface area (Å²) in [5.74, 6) is 0.584. The number of rotatable bonds is 3. The topological polar surface area (TPSA) is 87.6 Å². The van der Waals surface area contributed by atoms with E-state index in [-0.39, 0.29) is 0 Å². The fraction of sp³-hybridized carbons (Fsp3) is 0.125. The van der Waals surface area contributed by atoms with Crippen molar-refractivity contribution in [2.45, 2.75) is 13.8 Å². The summed E-state index contributed by atoms with van der Waals surface area (Å²) in [5, 5.41) is 11.9. The zero-order chi connectivity index (χ0) is 15.5. The summed E-state index contributed by atoms with van der Waals surface area (Å²) in [6.45, 7) is 3.80. The number of oxazole rings is 1. The first kappa shape index (κ1) is 13.8. The van der Waals surface area contributed by atoms with Gasteiger partial charge in [0, 0.05) is 6.20 Å². The lowest BCUT2D eigenvalue weighted by atomic mass is 10.2. The van der Waals surface area contributed by atoms with E-state index in [1.165, 1.54) is 0 Å². The molecule has 3 aromatic rings. The maximum absolute atomic E-state index is 8.88. The van der Waals surface area contributed by atoms with Crippen molar-refractivity contribution in [2.75, 3.05) is 5.32 Å². The summed E-state index contributed by atoms with van der Waals surface area (Å²) in [5.41, 5.74) is 3.71. The summed E-state index contributed by atoms with van der Waals surface area (Å²) in [4.78, 5) is 12.5. The number of aryl methyl sites for hydroxylation is 2. The summed E-state index contributed by atoms with van der Waals surface area (Å²) >= 11 is 0. The van der Waals surface area contributed by atoms with E-state index in [0.717, 1.165) is 16.8 Å². The number of aromatic nitrogens is 3. The fourth-order valence-corrected chi connectivity index (χ4v) is 1.95. The SMILES string of the molecule is Cc1ccc(-c2cnc(Nc3cnc(C#N)c(C)c3)o2)nc1. The van der Waals surface area contributed by atoms with Crippen molar-refractivity contribution in [2.24, 2.45) is 0 Å². The Hall–Kier alpha value is -3.20. The molecule has 0 bridgehead atoms. The van der Waals surface area contributed by atoms with Gasteiger partial charge in [0.1, 0.15) is 17.5 Å². The van der Waals surface area contributed by atoms with Crippen LogP contribution in [0.15, 0.2) is 41.2 Å². The second-order valence-corrected chi connectivity index (χ2v) is 4.88. The third-order valence-corrected chi connectivity index (χ3v) is 3.10. The second kappa shape index (κ2) is 5.66. The van der Waals surface area contributed by atoms with Gasteiger partial charge in [0.25, 0.3) is 6.01 Å². The molecule has 0 aromatic carbocycles. The van der Waals surface area contributed by atoms with Gasteiger partial charge >= 0.3 is 0 Å². The third-order valence-electron chi connectivity index (χ3n) is 3.10. The van der Waals surface area contributed by atoms with Crippen LogP contribution in [-0.4, -0.2) is 15.0 Å². The Labute approximate surface area is 127 Å². The number of nitrogens with zero attached hydrogens (tertiary/aromatic N) is 4. The maximum atomic E-state index is 8.88. The molecular formula is C16H13N5O. The first-order valence-corrected chi connectivity index (χ1v) is 6.68. The van der Waals surface area contributed by atoms with Gasteiger partial charge in [0.15, 0.2) is 5.76 Å². The standard InChI is InChI=1S/C16H13N5O/c1-10-3-4-13(18-7-10)15-9-20-16(22-15)21-12-5-11(2)14(6-17)19-8-12/h3-5,7-9H,1-2H3,(H,20,21). The minimum Gasteiger partial charge on any atom is -0.422 e. The van der Waals surface area contributed by atoms with E-state index >= 15 is 0 Å². The molecule has 0 aliphatic carbocycles. The summed E-state index contributed by atoms with van der Waals surface area (Å²) in [6, 6.07) is 8.05. The van der Waals surface area contributed by atoms with Crippen molar-refractivity contribution in [3.63, 3.8) is 0 Å². The first-order chi connectivity index (χ1) is 10.7. The Morgan fingerprint density at radius 3 is 2.64 bits per heavy atom. The van der Waals surface area contributed by atoms with E-state index in [1.54, 1.807) is 18.6 Å². The van der Waals surface area contributed by atoms with Crippen molar-refractivity contribution in [1.29, 1.82) is 5.26 Å². The quantitative estimate of drug-likeness (QED) is 0.796. The molecule has 3 aromatic heterocycles. The Balaban J connectivity index is 1.81. The van der Waals surface area contributed by atoms with Crippen LogP contribution in [-0.2, 0) is 0 Å². The summed E-state index contributed by atoms with van der Waals surface area (Å²) < 4.78 is 5.63. The molecule has 3 heterocycles. The van der Waals surface area contributed by atoms with Crippen molar-refractivity contribution in [3.05, 3.63) is 53.6 Å². The zero-order valence-electron chi connectivity index (χ0n) is 12.2. The van der Waals surface area contributed by atoms with Crippen LogP contribution in [0.1, 0.15) is 16.8 Å². The maximum Gasteiger partial charge on any atom is 0.299 e. The predicted molar refractivity (Wildman–Crippen MR) is 81.4 cm³/mol. The van der Waals surface area contributed by atoms with Crippen LogP contribution in [0.2, 0.25) is 0 Å². The summed E-state index contributed by atoms with van der Waals surface area (Å²) in [7, 11) is 0. The zero-order valence-corrected chi connectivity index (χ0v) is 12.2. The highest BCUT2D eigenvalue weighted by molar-refractivity contribution is 5.57. The molecule has 0 aliphatic rings. The highest BCUT2D eigenvalue weighted by Crippen LogP contribution is 2.23. The number of nitrogens with one attached hydrogen (secondary N) is 1. The van der Waals surface area contributed by atoms with E-state index in [9.17, 15) is 0 Å². The van der Waals surface area contributed by atoms with E-state index < -0.39 is 0 Å². The number of pyridine rings is 2. The average molecular weight is 291 g/mol. The van der Waals surface area contributed by atoms with Gasteiger partial charge in [-0.15, -0.1) is 0 Å². The smallest absolute Gasteiger partial charge is 0.299 e. The number of hydrogen-bond donors (Lipinski definition) is 1. The normalized spacial score (nSPS) is 10.2. The van der Waals surface area contributed by atoms with E-state index in [0.29, 0.717) is 23.2 Å². The number of hydrogen-bond acceptors (Lipinski definition) is 6. The largest absolute Gasteiger partial charge is 0.422 e. The molecule has 1 N–H and O–H groups in total. The molecule has 0 spiro atoms. The van der Waals surface area contributed by atoms with Crippen molar-refractivity contribution >= 4 is 11.7 Å². The van der Waals surface area contributed by atoms with Gasteiger partial charge in [0.05, 0.1) is 18.1 Å². The molecule has 0 amide bonds. The lowest BCUT2D eigenvalue weighted by molar-refractivity contribution is 0.589.